The summed E-state index contributed by atoms with van der Waals surface area (Å²) < 4.78 is 4.98. The number of anilines is 2. The van der Waals surface area contributed by atoms with Gasteiger partial charge < -0.3 is 15.8 Å². The lowest BCUT2D eigenvalue weighted by Gasteiger charge is -2.08. The van der Waals surface area contributed by atoms with Crippen molar-refractivity contribution in [3.8, 4) is 5.88 Å². The molecule has 2 rings (SSSR count). The lowest BCUT2D eigenvalue weighted by molar-refractivity contribution is 0.397. The minimum absolute atomic E-state index is 0.152. The molecule has 18 heavy (non-hydrogen) atoms. The van der Waals surface area contributed by atoms with Crippen LogP contribution in [0.1, 0.15) is 5.56 Å². The van der Waals surface area contributed by atoms with E-state index in [1.807, 2.05) is 6.07 Å². The average Bonchev–Trinajstić information content (AvgIpc) is 2.40. The maximum absolute atomic E-state index is 5.72. The molecule has 0 aromatic carbocycles. The SMILES string of the molecule is COc1ccc(CNc2nc(Cl)ncc2N)cn1. The molecular weight excluding hydrogens is 254 g/mol. The van der Waals surface area contributed by atoms with Gasteiger partial charge in [-0.05, 0) is 17.2 Å². The highest BCUT2D eigenvalue weighted by Gasteiger charge is 2.03. The van der Waals surface area contributed by atoms with E-state index in [4.69, 9.17) is 22.1 Å². The molecule has 2 heterocycles. The third-order valence-electron chi connectivity index (χ3n) is 2.25. The van der Waals surface area contributed by atoms with Gasteiger partial charge in [-0.15, -0.1) is 0 Å². The summed E-state index contributed by atoms with van der Waals surface area (Å²) in [4.78, 5) is 11.9. The Balaban J connectivity index is 2.04. The molecule has 0 amide bonds. The summed E-state index contributed by atoms with van der Waals surface area (Å²) >= 11 is 5.69. The highest BCUT2D eigenvalue weighted by atomic mass is 35.5. The number of methoxy groups -OCH3 is 1. The van der Waals surface area contributed by atoms with Crippen LogP contribution in [0, 0.1) is 0 Å². The smallest absolute Gasteiger partial charge is 0.224 e. The summed E-state index contributed by atoms with van der Waals surface area (Å²) in [6, 6.07) is 3.69. The molecule has 2 aromatic rings. The molecule has 2 aromatic heterocycles. The summed E-state index contributed by atoms with van der Waals surface area (Å²) in [5, 5.41) is 3.22. The molecule has 0 spiro atoms. The number of pyridine rings is 1. The minimum atomic E-state index is 0.152. The zero-order valence-electron chi connectivity index (χ0n) is 9.72. The summed E-state index contributed by atoms with van der Waals surface area (Å²) in [5.41, 5.74) is 7.14. The van der Waals surface area contributed by atoms with Gasteiger partial charge in [0.2, 0.25) is 11.2 Å². The molecule has 0 atom stereocenters. The molecule has 0 unspecified atom stereocenters. The highest BCUT2D eigenvalue weighted by Crippen LogP contribution is 2.17. The summed E-state index contributed by atoms with van der Waals surface area (Å²) in [6.45, 7) is 0.536. The van der Waals surface area contributed by atoms with Crippen LogP contribution >= 0.6 is 11.6 Å². The first-order chi connectivity index (χ1) is 8.69. The fraction of sp³-hybridized carbons (Fsp3) is 0.182. The Morgan fingerprint density at radius 2 is 2.17 bits per heavy atom. The standard InChI is InChI=1S/C11H12ClN5O/c1-18-9-3-2-7(4-14-9)5-15-10-8(13)6-16-11(12)17-10/h2-4,6H,5,13H2,1H3,(H,15,16,17). The van der Waals surface area contributed by atoms with Crippen LogP contribution in [0.5, 0.6) is 5.88 Å². The molecule has 0 saturated carbocycles. The molecular formula is C11H12ClN5O. The highest BCUT2D eigenvalue weighted by molar-refractivity contribution is 6.28. The van der Waals surface area contributed by atoms with Crippen molar-refractivity contribution < 1.29 is 4.74 Å². The third-order valence-corrected chi connectivity index (χ3v) is 2.44. The molecule has 0 saturated heterocycles. The number of nitrogen functional groups attached to an aromatic ring is 1. The fourth-order valence-electron chi connectivity index (χ4n) is 1.33. The number of nitrogens with two attached hydrogens (primary N) is 1. The van der Waals surface area contributed by atoms with E-state index in [0.717, 1.165) is 5.56 Å². The number of hydrogen-bond donors (Lipinski definition) is 2. The number of rotatable bonds is 4. The van der Waals surface area contributed by atoms with Crippen LogP contribution < -0.4 is 15.8 Å². The Morgan fingerprint density at radius 1 is 1.33 bits per heavy atom. The van der Waals surface area contributed by atoms with Gasteiger partial charge in [0.1, 0.15) is 0 Å². The van der Waals surface area contributed by atoms with Gasteiger partial charge in [0, 0.05) is 18.8 Å². The predicted octanol–water partition coefficient (Wildman–Crippen LogP) is 1.73. The Bertz CT molecular complexity index is 531. The van der Waals surface area contributed by atoms with Crippen molar-refractivity contribution in [1.29, 1.82) is 0 Å². The van der Waals surface area contributed by atoms with Crippen molar-refractivity contribution in [3.63, 3.8) is 0 Å². The fourth-order valence-corrected chi connectivity index (χ4v) is 1.47. The number of hydrogen-bond acceptors (Lipinski definition) is 6. The first-order valence-corrected chi connectivity index (χ1v) is 5.57. The number of ether oxygens (including phenoxy) is 1. The second kappa shape index (κ2) is 5.50. The minimum Gasteiger partial charge on any atom is -0.481 e. The van der Waals surface area contributed by atoms with E-state index >= 15 is 0 Å². The molecule has 0 bridgehead atoms. The van der Waals surface area contributed by atoms with Crippen molar-refractivity contribution in [2.24, 2.45) is 0 Å². The van der Waals surface area contributed by atoms with Crippen LogP contribution in [0.2, 0.25) is 5.28 Å². The van der Waals surface area contributed by atoms with Gasteiger partial charge in [-0.25, -0.2) is 9.97 Å². The summed E-state index contributed by atoms with van der Waals surface area (Å²) in [6.07, 6.45) is 3.18. The summed E-state index contributed by atoms with van der Waals surface area (Å²) in [7, 11) is 1.57. The maximum atomic E-state index is 5.72. The van der Waals surface area contributed by atoms with E-state index in [9.17, 15) is 0 Å². The van der Waals surface area contributed by atoms with Crippen LogP contribution in [0.25, 0.3) is 0 Å². The monoisotopic (exact) mass is 265 g/mol. The Labute approximate surface area is 109 Å². The van der Waals surface area contributed by atoms with Crippen LogP contribution in [-0.2, 0) is 6.54 Å². The van der Waals surface area contributed by atoms with Crippen molar-refractivity contribution in [1.82, 2.24) is 15.0 Å². The lowest BCUT2D eigenvalue weighted by atomic mass is 10.3. The third kappa shape index (κ3) is 2.98. The first-order valence-electron chi connectivity index (χ1n) is 5.20. The van der Waals surface area contributed by atoms with Crippen LogP contribution in [0.4, 0.5) is 11.5 Å². The second-order valence-corrected chi connectivity index (χ2v) is 3.84. The van der Waals surface area contributed by atoms with Crippen molar-refractivity contribution >= 4 is 23.1 Å². The van der Waals surface area contributed by atoms with Crippen LogP contribution in [0.15, 0.2) is 24.5 Å². The lowest BCUT2D eigenvalue weighted by Crippen LogP contribution is -2.05. The molecule has 0 aliphatic heterocycles. The molecule has 94 valence electrons. The maximum Gasteiger partial charge on any atom is 0.224 e. The topological polar surface area (TPSA) is 86.0 Å². The zero-order chi connectivity index (χ0) is 13.0. The van der Waals surface area contributed by atoms with E-state index in [1.54, 1.807) is 19.4 Å². The number of nitrogens with one attached hydrogen (secondary N) is 1. The van der Waals surface area contributed by atoms with Gasteiger partial charge in [0.05, 0.1) is 19.0 Å². The van der Waals surface area contributed by atoms with Crippen LogP contribution in [0.3, 0.4) is 0 Å². The Kier molecular flexibility index (Phi) is 3.78. The number of nitrogens with zero attached hydrogens (tertiary/aromatic N) is 3. The van der Waals surface area contributed by atoms with E-state index in [0.29, 0.717) is 23.9 Å². The van der Waals surface area contributed by atoms with Gasteiger partial charge in [0.15, 0.2) is 5.82 Å². The molecule has 6 nitrogen and oxygen atoms in total. The van der Waals surface area contributed by atoms with Crippen molar-refractivity contribution in [3.05, 3.63) is 35.4 Å². The van der Waals surface area contributed by atoms with Crippen molar-refractivity contribution in [2.45, 2.75) is 6.54 Å². The van der Waals surface area contributed by atoms with E-state index < -0.39 is 0 Å². The van der Waals surface area contributed by atoms with E-state index in [-0.39, 0.29) is 5.28 Å². The molecule has 3 N–H and O–H groups in total. The van der Waals surface area contributed by atoms with Gasteiger partial charge in [-0.1, -0.05) is 6.07 Å². The van der Waals surface area contributed by atoms with Gasteiger partial charge in [0.25, 0.3) is 0 Å². The van der Waals surface area contributed by atoms with Crippen LogP contribution in [-0.4, -0.2) is 22.1 Å². The molecule has 0 aliphatic rings. The largest absolute Gasteiger partial charge is 0.481 e. The second-order valence-electron chi connectivity index (χ2n) is 3.51. The zero-order valence-corrected chi connectivity index (χ0v) is 10.5. The molecule has 0 aliphatic carbocycles. The average molecular weight is 266 g/mol. The van der Waals surface area contributed by atoms with Gasteiger partial charge in [-0.3, -0.25) is 0 Å². The molecule has 0 fully saturated rings. The predicted molar refractivity (Wildman–Crippen MR) is 69.6 cm³/mol. The molecule has 0 radical (unpaired) electrons. The van der Waals surface area contributed by atoms with Crippen molar-refractivity contribution in [2.75, 3.05) is 18.2 Å². The van der Waals surface area contributed by atoms with E-state index in [1.165, 1.54) is 6.20 Å². The summed E-state index contributed by atoms with van der Waals surface area (Å²) in [5.74, 6) is 1.08. The van der Waals surface area contributed by atoms with Gasteiger partial charge >= 0.3 is 0 Å². The number of halogens is 1. The first kappa shape index (κ1) is 12.4. The molecule has 7 heteroatoms. The Hall–Kier alpha value is -2.08. The number of aromatic nitrogens is 3. The Morgan fingerprint density at radius 3 is 2.83 bits per heavy atom. The van der Waals surface area contributed by atoms with E-state index in [2.05, 4.69) is 20.3 Å². The van der Waals surface area contributed by atoms with Gasteiger partial charge in [-0.2, -0.15) is 4.98 Å². The quantitative estimate of drug-likeness (QED) is 0.819. The normalized spacial score (nSPS) is 10.1.